The van der Waals surface area contributed by atoms with Gasteiger partial charge < -0.3 is 15.0 Å². The van der Waals surface area contributed by atoms with Crippen LogP contribution >= 0.6 is 12.4 Å². The molecule has 160 valence electrons. The van der Waals surface area contributed by atoms with Gasteiger partial charge in [0.25, 0.3) is 0 Å². The van der Waals surface area contributed by atoms with E-state index in [0.29, 0.717) is 24.2 Å². The molecule has 0 saturated carbocycles. The molecule has 4 nitrogen and oxygen atoms in total. The summed E-state index contributed by atoms with van der Waals surface area (Å²) >= 11 is 0. The van der Waals surface area contributed by atoms with Gasteiger partial charge in [-0.15, -0.1) is 12.4 Å². The summed E-state index contributed by atoms with van der Waals surface area (Å²) in [6.07, 6.45) is 9.02. The van der Waals surface area contributed by atoms with E-state index in [2.05, 4.69) is 11.4 Å². The first-order chi connectivity index (χ1) is 13.7. The third kappa shape index (κ3) is 5.52. The molecule has 1 N–H and O–H groups in total. The Morgan fingerprint density at radius 2 is 1.93 bits per heavy atom. The SMILES string of the molecule is Cl.O=C(C1CC=C(c2ccc(OCC3CCNCC3)c(F)c2)CC1)N1CCCC1. The first-order valence-electron chi connectivity index (χ1n) is 10.8. The second-order valence-corrected chi connectivity index (χ2v) is 8.38. The Morgan fingerprint density at radius 3 is 2.59 bits per heavy atom. The fraction of sp³-hybridized carbons (Fsp3) is 0.609. The summed E-state index contributed by atoms with van der Waals surface area (Å²) in [5.41, 5.74) is 2.06. The number of hydrogen-bond acceptors (Lipinski definition) is 3. The molecule has 1 unspecified atom stereocenters. The van der Waals surface area contributed by atoms with Crippen molar-refractivity contribution < 1.29 is 13.9 Å². The van der Waals surface area contributed by atoms with Gasteiger partial charge in [-0.2, -0.15) is 0 Å². The number of likely N-dealkylation sites (tertiary alicyclic amines) is 1. The van der Waals surface area contributed by atoms with E-state index in [1.54, 1.807) is 12.1 Å². The average molecular weight is 423 g/mol. The Morgan fingerprint density at radius 1 is 1.17 bits per heavy atom. The zero-order chi connectivity index (χ0) is 19.3. The minimum atomic E-state index is -0.289. The summed E-state index contributed by atoms with van der Waals surface area (Å²) in [5.74, 6) is 0.967. The predicted octanol–water partition coefficient (Wildman–Crippen LogP) is 4.43. The molecule has 29 heavy (non-hydrogen) atoms. The number of allylic oxidation sites excluding steroid dienone is 2. The monoisotopic (exact) mass is 422 g/mol. The van der Waals surface area contributed by atoms with Crippen molar-refractivity contribution in [1.29, 1.82) is 0 Å². The van der Waals surface area contributed by atoms with E-state index in [1.807, 2.05) is 11.0 Å². The van der Waals surface area contributed by atoms with Gasteiger partial charge in [-0.3, -0.25) is 4.79 Å². The van der Waals surface area contributed by atoms with Gasteiger partial charge in [-0.25, -0.2) is 4.39 Å². The quantitative estimate of drug-likeness (QED) is 0.763. The van der Waals surface area contributed by atoms with Gasteiger partial charge in [0.2, 0.25) is 5.91 Å². The number of carbonyl (C=O) groups excluding carboxylic acids is 1. The normalized spacial score (nSPS) is 22.7. The van der Waals surface area contributed by atoms with Gasteiger partial charge in [0.05, 0.1) is 6.61 Å². The maximum atomic E-state index is 14.5. The fourth-order valence-electron chi connectivity index (χ4n) is 4.59. The summed E-state index contributed by atoms with van der Waals surface area (Å²) < 4.78 is 20.3. The molecule has 1 aromatic rings. The number of nitrogens with zero attached hydrogens (tertiary/aromatic N) is 1. The zero-order valence-electron chi connectivity index (χ0n) is 17.0. The second kappa shape index (κ2) is 10.4. The molecule has 2 fully saturated rings. The molecule has 1 aromatic carbocycles. The maximum Gasteiger partial charge on any atom is 0.226 e. The summed E-state index contributed by atoms with van der Waals surface area (Å²) in [7, 11) is 0. The van der Waals surface area contributed by atoms with Crippen LogP contribution in [0.15, 0.2) is 24.3 Å². The Hall–Kier alpha value is -1.59. The predicted molar refractivity (Wildman–Crippen MR) is 116 cm³/mol. The number of carbonyl (C=O) groups is 1. The third-order valence-corrected chi connectivity index (χ3v) is 6.41. The fourth-order valence-corrected chi connectivity index (χ4v) is 4.59. The number of nitrogens with one attached hydrogen (secondary N) is 1. The molecule has 2 heterocycles. The van der Waals surface area contributed by atoms with Crippen molar-refractivity contribution in [1.82, 2.24) is 10.2 Å². The van der Waals surface area contributed by atoms with Crippen LogP contribution < -0.4 is 10.1 Å². The molecule has 3 aliphatic rings. The Labute approximate surface area is 179 Å². The molecule has 0 aromatic heterocycles. The number of piperidine rings is 1. The lowest BCUT2D eigenvalue weighted by Gasteiger charge is -2.26. The number of hydrogen-bond donors (Lipinski definition) is 1. The molecule has 6 heteroatoms. The van der Waals surface area contributed by atoms with Crippen LogP contribution in [-0.4, -0.2) is 43.6 Å². The molecule has 1 atom stereocenters. The molecule has 0 bridgehead atoms. The molecule has 1 amide bonds. The minimum Gasteiger partial charge on any atom is -0.490 e. The van der Waals surface area contributed by atoms with Crippen LogP contribution in [-0.2, 0) is 4.79 Å². The van der Waals surface area contributed by atoms with Gasteiger partial charge in [-0.05, 0) is 87.2 Å². The first kappa shape index (κ1) is 22.1. The van der Waals surface area contributed by atoms with Gasteiger partial charge in [-0.1, -0.05) is 12.1 Å². The van der Waals surface area contributed by atoms with E-state index in [9.17, 15) is 9.18 Å². The molecule has 0 spiro atoms. The number of amides is 1. The lowest BCUT2D eigenvalue weighted by molar-refractivity contribution is -0.134. The highest BCUT2D eigenvalue weighted by atomic mass is 35.5. The third-order valence-electron chi connectivity index (χ3n) is 6.41. The van der Waals surface area contributed by atoms with E-state index in [4.69, 9.17) is 4.74 Å². The summed E-state index contributed by atoms with van der Waals surface area (Å²) in [4.78, 5) is 14.6. The highest BCUT2D eigenvalue weighted by Crippen LogP contribution is 2.33. The number of benzene rings is 1. The summed E-state index contributed by atoms with van der Waals surface area (Å²) in [6.45, 7) is 4.45. The zero-order valence-corrected chi connectivity index (χ0v) is 17.8. The topological polar surface area (TPSA) is 41.6 Å². The molecule has 2 saturated heterocycles. The van der Waals surface area contributed by atoms with Gasteiger partial charge in [0, 0.05) is 19.0 Å². The van der Waals surface area contributed by atoms with Crippen LogP contribution in [0.5, 0.6) is 5.75 Å². The van der Waals surface area contributed by atoms with Crippen LogP contribution in [0.1, 0.15) is 50.5 Å². The van der Waals surface area contributed by atoms with E-state index >= 15 is 0 Å². The van der Waals surface area contributed by atoms with E-state index in [1.165, 1.54) is 0 Å². The standard InChI is InChI=1S/C23H31FN2O2.ClH/c24-21-15-20(7-8-22(21)28-16-17-9-11-25-12-10-17)18-3-5-19(6-4-18)23(27)26-13-1-2-14-26;/h3,7-8,15,17,19,25H,1-2,4-6,9-14,16H2;1H. The van der Waals surface area contributed by atoms with E-state index in [-0.39, 0.29) is 24.1 Å². The first-order valence-corrected chi connectivity index (χ1v) is 10.8. The van der Waals surface area contributed by atoms with Gasteiger partial charge in [0.15, 0.2) is 11.6 Å². The van der Waals surface area contributed by atoms with Gasteiger partial charge in [0.1, 0.15) is 0 Å². The molecular formula is C23H32ClFN2O2. The molecule has 1 aliphatic carbocycles. The van der Waals surface area contributed by atoms with Crippen molar-refractivity contribution in [2.75, 3.05) is 32.8 Å². The largest absolute Gasteiger partial charge is 0.490 e. The van der Waals surface area contributed by atoms with Crippen LogP contribution in [0.4, 0.5) is 4.39 Å². The van der Waals surface area contributed by atoms with E-state index < -0.39 is 0 Å². The van der Waals surface area contributed by atoms with Crippen LogP contribution in [0.25, 0.3) is 5.57 Å². The molecular weight excluding hydrogens is 391 g/mol. The van der Waals surface area contributed by atoms with Crippen LogP contribution in [0.3, 0.4) is 0 Å². The number of ether oxygens (including phenoxy) is 1. The Kier molecular flexibility index (Phi) is 7.96. The molecule has 2 aliphatic heterocycles. The maximum absolute atomic E-state index is 14.5. The second-order valence-electron chi connectivity index (χ2n) is 8.38. The summed E-state index contributed by atoms with van der Waals surface area (Å²) in [6, 6.07) is 5.30. The minimum absolute atomic E-state index is 0. The van der Waals surface area contributed by atoms with E-state index in [0.717, 1.165) is 82.3 Å². The van der Waals surface area contributed by atoms with Crippen molar-refractivity contribution in [3.63, 3.8) is 0 Å². The highest BCUT2D eigenvalue weighted by molar-refractivity contribution is 5.85. The number of halogens is 2. The smallest absolute Gasteiger partial charge is 0.226 e. The molecule has 4 rings (SSSR count). The van der Waals surface area contributed by atoms with Crippen molar-refractivity contribution in [3.05, 3.63) is 35.7 Å². The summed E-state index contributed by atoms with van der Waals surface area (Å²) in [5, 5.41) is 3.33. The number of rotatable bonds is 5. The van der Waals surface area contributed by atoms with Gasteiger partial charge >= 0.3 is 0 Å². The molecule has 0 radical (unpaired) electrons. The van der Waals surface area contributed by atoms with Crippen molar-refractivity contribution in [2.45, 2.75) is 44.9 Å². The van der Waals surface area contributed by atoms with Crippen LogP contribution in [0.2, 0.25) is 0 Å². The lowest BCUT2D eigenvalue weighted by atomic mass is 9.86. The average Bonchev–Trinajstić information content (AvgIpc) is 3.28. The van der Waals surface area contributed by atoms with Crippen molar-refractivity contribution in [2.24, 2.45) is 11.8 Å². The Bertz CT molecular complexity index is 728. The highest BCUT2D eigenvalue weighted by Gasteiger charge is 2.28. The Balaban J connectivity index is 0.00000240. The van der Waals surface area contributed by atoms with Crippen molar-refractivity contribution in [3.8, 4) is 5.75 Å². The lowest BCUT2D eigenvalue weighted by Crippen LogP contribution is -2.34. The van der Waals surface area contributed by atoms with Crippen molar-refractivity contribution >= 4 is 23.9 Å². The van der Waals surface area contributed by atoms with Crippen LogP contribution in [0, 0.1) is 17.7 Å².